The number of aliphatic carboxylic acids is 1. The second-order valence-corrected chi connectivity index (χ2v) is 5.32. The van der Waals surface area contributed by atoms with Gasteiger partial charge in [0.1, 0.15) is 0 Å². The van der Waals surface area contributed by atoms with Crippen LogP contribution in [0.3, 0.4) is 0 Å². The molecule has 2 aromatic rings. The molecule has 0 bridgehead atoms. The molecule has 0 unspecified atom stereocenters. The molecule has 3 nitrogen and oxygen atoms in total. The Morgan fingerprint density at radius 1 is 1.19 bits per heavy atom. The van der Waals surface area contributed by atoms with Crippen LogP contribution in [0, 0.1) is 0 Å². The molecule has 0 atom stereocenters. The summed E-state index contributed by atoms with van der Waals surface area (Å²) in [5.74, 6) is -0.969. The molecule has 1 aliphatic heterocycles. The maximum absolute atomic E-state index is 10.5. The highest BCUT2D eigenvalue weighted by Gasteiger charge is 2.21. The average molecular weight is 300 g/mol. The van der Waals surface area contributed by atoms with Gasteiger partial charge in [-0.2, -0.15) is 0 Å². The zero-order valence-corrected chi connectivity index (χ0v) is 12.0. The Labute approximate surface area is 128 Å². The van der Waals surface area contributed by atoms with Gasteiger partial charge in [0, 0.05) is 18.3 Å². The summed E-state index contributed by atoms with van der Waals surface area (Å²) >= 11 is 6.37. The molecule has 0 amide bonds. The standard InChI is InChI=1S/C17H14ClNO2/c18-14-11-12(6-8-17(20)21)5-7-16(14)19-10-9-13-3-1-2-4-15(13)19/h1-8,11H,9-10H2,(H,20,21)/b8-6+. The predicted molar refractivity (Wildman–Crippen MR) is 85.3 cm³/mol. The third kappa shape index (κ3) is 2.78. The second-order valence-electron chi connectivity index (χ2n) is 4.91. The van der Waals surface area contributed by atoms with Gasteiger partial charge >= 0.3 is 5.97 Å². The quantitative estimate of drug-likeness (QED) is 0.866. The van der Waals surface area contributed by atoms with Crippen LogP contribution in [0.2, 0.25) is 5.02 Å². The van der Waals surface area contributed by atoms with Gasteiger partial charge in [0.2, 0.25) is 0 Å². The molecule has 0 aromatic heterocycles. The molecule has 0 fully saturated rings. The Balaban J connectivity index is 1.93. The van der Waals surface area contributed by atoms with Gasteiger partial charge in [-0.15, -0.1) is 0 Å². The van der Waals surface area contributed by atoms with Crippen molar-refractivity contribution in [3.05, 3.63) is 64.7 Å². The molecule has 4 heteroatoms. The van der Waals surface area contributed by atoms with Crippen LogP contribution in [0.15, 0.2) is 48.5 Å². The van der Waals surface area contributed by atoms with Crippen molar-refractivity contribution < 1.29 is 9.90 Å². The normalized spacial score (nSPS) is 13.7. The van der Waals surface area contributed by atoms with Crippen LogP contribution in [0.4, 0.5) is 11.4 Å². The minimum atomic E-state index is -0.969. The summed E-state index contributed by atoms with van der Waals surface area (Å²) in [4.78, 5) is 12.7. The minimum absolute atomic E-state index is 0.624. The van der Waals surface area contributed by atoms with Crippen molar-refractivity contribution in [1.82, 2.24) is 0 Å². The van der Waals surface area contributed by atoms with Crippen LogP contribution in [0.5, 0.6) is 0 Å². The number of fused-ring (bicyclic) bond motifs is 1. The van der Waals surface area contributed by atoms with Crippen LogP contribution >= 0.6 is 11.6 Å². The smallest absolute Gasteiger partial charge is 0.328 e. The fourth-order valence-corrected chi connectivity index (χ4v) is 2.89. The van der Waals surface area contributed by atoms with E-state index in [1.54, 1.807) is 6.07 Å². The van der Waals surface area contributed by atoms with Crippen molar-refractivity contribution in [2.45, 2.75) is 6.42 Å². The fourth-order valence-electron chi connectivity index (χ4n) is 2.60. The zero-order chi connectivity index (χ0) is 14.8. The van der Waals surface area contributed by atoms with E-state index in [1.807, 2.05) is 24.3 Å². The number of rotatable bonds is 3. The van der Waals surface area contributed by atoms with E-state index in [4.69, 9.17) is 16.7 Å². The van der Waals surface area contributed by atoms with E-state index in [0.717, 1.165) is 30.3 Å². The Kier molecular flexibility index (Phi) is 3.67. The number of halogens is 1. The van der Waals surface area contributed by atoms with Gasteiger partial charge in [-0.3, -0.25) is 0 Å². The fraction of sp³-hybridized carbons (Fsp3) is 0.118. The predicted octanol–water partition coefficient (Wildman–Crippen LogP) is 4.13. The number of carboxylic acids is 1. The van der Waals surface area contributed by atoms with Crippen LogP contribution in [-0.2, 0) is 11.2 Å². The molecular formula is C17H14ClNO2. The number of carboxylic acid groups (broad SMARTS) is 1. The summed E-state index contributed by atoms with van der Waals surface area (Å²) in [6.07, 6.45) is 3.65. The van der Waals surface area contributed by atoms with Crippen molar-refractivity contribution in [3.8, 4) is 0 Å². The first-order valence-corrected chi connectivity index (χ1v) is 7.09. The summed E-state index contributed by atoms with van der Waals surface area (Å²) in [5, 5.41) is 9.28. The van der Waals surface area contributed by atoms with E-state index >= 15 is 0 Å². The number of benzene rings is 2. The van der Waals surface area contributed by atoms with Crippen LogP contribution in [0.1, 0.15) is 11.1 Å². The largest absolute Gasteiger partial charge is 0.478 e. The lowest BCUT2D eigenvalue weighted by atomic mass is 10.1. The Bertz CT molecular complexity index is 724. The molecule has 0 saturated heterocycles. The number of carbonyl (C=O) groups is 1. The zero-order valence-electron chi connectivity index (χ0n) is 11.3. The summed E-state index contributed by atoms with van der Waals surface area (Å²) < 4.78 is 0. The highest BCUT2D eigenvalue weighted by molar-refractivity contribution is 6.33. The van der Waals surface area contributed by atoms with Crippen LogP contribution in [-0.4, -0.2) is 17.6 Å². The topological polar surface area (TPSA) is 40.5 Å². The molecule has 1 heterocycles. The average Bonchev–Trinajstić information content (AvgIpc) is 2.89. The van der Waals surface area contributed by atoms with Gasteiger partial charge in [-0.1, -0.05) is 35.9 Å². The van der Waals surface area contributed by atoms with Gasteiger partial charge in [-0.25, -0.2) is 4.79 Å². The molecule has 106 valence electrons. The van der Waals surface area contributed by atoms with Crippen molar-refractivity contribution in [2.24, 2.45) is 0 Å². The van der Waals surface area contributed by atoms with E-state index in [9.17, 15) is 4.79 Å². The molecule has 1 N–H and O–H groups in total. The van der Waals surface area contributed by atoms with E-state index in [-0.39, 0.29) is 0 Å². The molecular weight excluding hydrogens is 286 g/mol. The van der Waals surface area contributed by atoms with Gasteiger partial charge < -0.3 is 10.0 Å². The third-order valence-electron chi connectivity index (χ3n) is 3.57. The SMILES string of the molecule is O=C(O)/C=C/c1ccc(N2CCc3ccccc32)c(Cl)c1. The number of hydrogen-bond donors (Lipinski definition) is 1. The highest BCUT2D eigenvalue weighted by atomic mass is 35.5. The molecule has 2 aromatic carbocycles. The maximum Gasteiger partial charge on any atom is 0.328 e. The lowest BCUT2D eigenvalue weighted by molar-refractivity contribution is -0.131. The summed E-state index contributed by atoms with van der Waals surface area (Å²) in [7, 11) is 0. The van der Waals surface area contributed by atoms with Gasteiger partial charge in [-0.05, 0) is 41.8 Å². The first-order chi connectivity index (χ1) is 10.1. The first-order valence-electron chi connectivity index (χ1n) is 6.71. The first kappa shape index (κ1) is 13.7. The lowest BCUT2D eigenvalue weighted by Crippen LogP contribution is -2.13. The van der Waals surface area contributed by atoms with E-state index < -0.39 is 5.97 Å². The van der Waals surface area contributed by atoms with Crippen molar-refractivity contribution >= 4 is 35.0 Å². The van der Waals surface area contributed by atoms with Crippen molar-refractivity contribution in [1.29, 1.82) is 0 Å². The maximum atomic E-state index is 10.5. The van der Waals surface area contributed by atoms with Crippen LogP contribution < -0.4 is 4.90 Å². The van der Waals surface area contributed by atoms with E-state index in [2.05, 4.69) is 17.0 Å². The highest BCUT2D eigenvalue weighted by Crippen LogP contribution is 2.38. The molecule has 0 spiro atoms. The summed E-state index contributed by atoms with van der Waals surface area (Å²) in [6, 6.07) is 13.9. The molecule has 0 radical (unpaired) electrons. The van der Waals surface area contributed by atoms with Gasteiger partial charge in [0.05, 0.1) is 10.7 Å². The Hall–Kier alpha value is -2.26. The number of para-hydroxylation sites is 1. The van der Waals surface area contributed by atoms with E-state index in [1.165, 1.54) is 17.3 Å². The Morgan fingerprint density at radius 3 is 2.76 bits per heavy atom. The number of nitrogens with zero attached hydrogens (tertiary/aromatic N) is 1. The molecule has 1 aliphatic rings. The third-order valence-corrected chi connectivity index (χ3v) is 3.87. The minimum Gasteiger partial charge on any atom is -0.478 e. The van der Waals surface area contributed by atoms with E-state index in [0.29, 0.717) is 5.02 Å². The Morgan fingerprint density at radius 2 is 2.00 bits per heavy atom. The summed E-state index contributed by atoms with van der Waals surface area (Å²) in [6.45, 7) is 0.906. The molecule has 0 saturated carbocycles. The van der Waals surface area contributed by atoms with Crippen molar-refractivity contribution in [2.75, 3.05) is 11.4 Å². The number of anilines is 2. The second kappa shape index (κ2) is 5.62. The van der Waals surface area contributed by atoms with Crippen LogP contribution in [0.25, 0.3) is 6.08 Å². The van der Waals surface area contributed by atoms with Gasteiger partial charge in [0.15, 0.2) is 0 Å². The summed E-state index contributed by atoms with van der Waals surface area (Å²) in [5.41, 5.74) is 4.24. The lowest BCUT2D eigenvalue weighted by Gasteiger charge is -2.21. The molecule has 21 heavy (non-hydrogen) atoms. The molecule has 3 rings (SSSR count). The van der Waals surface area contributed by atoms with Crippen molar-refractivity contribution in [3.63, 3.8) is 0 Å². The monoisotopic (exact) mass is 299 g/mol. The number of hydrogen-bond acceptors (Lipinski definition) is 2. The molecule has 0 aliphatic carbocycles. The van der Waals surface area contributed by atoms with Gasteiger partial charge in [0.25, 0.3) is 0 Å².